The van der Waals surface area contributed by atoms with Gasteiger partial charge in [-0.1, -0.05) is 31.4 Å². The van der Waals surface area contributed by atoms with Crippen LogP contribution in [0.1, 0.15) is 60.7 Å². The summed E-state index contributed by atoms with van der Waals surface area (Å²) >= 11 is 0. The number of H-pyrrole nitrogens is 1. The third-order valence-electron chi connectivity index (χ3n) is 6.30. The van der Waals surface area contributed by atoms with Crippen LogP contribution in [0.15, 0.2) is 44.5 Å². The third-order valence-corrected chi connectivity index (χ3v) is 6.30. The van der Waals surface area contributed by atoms with Gasteiger partial charge >= 0.3 is 0 Å². The molecule has 6 heteroatoms. The molecule has 1 aliphatic heterocycles. The highest BCUT2D eigenvalue weighted by atomic mass is 16.3. The molecule has 29 heavy (non-hydrogen) atoms. The molecule has 150 valence electrons. The van der Waals surface area contributed by atoms with E-state index in [9.17, 15) is 9.59 Å². The second-order valence-electron chi connectivity index (χ2n) is 8.26. The van der Waals surface area contributed by atoms with Crippen molar-refractivity contribution in [1.29, 1.82) is 0 Å². The Labute approximate surface area is 168 Å². The largest absolute Gasteiger partial charge is 0.464 e. The number of benzene rings is 1. The van der Waals surface area contributed by atoms with Crippen molar-refractivity contribution in [2.24, 2.45) is 0 Å². The summed E-state index contributed by atoms with van der Waals surface area (Å²) in [5.41, 5.74) is 2.86. The Hall–Kier alpha value is -2.73. The van der Waals surface area contributed by atoms with Gasteiger partial charge in [-0.25, -0.2) is 4.98 Å². The molecule has 0 bridgehead atoms. The van der Waals surface area contributed by atoms with E-state index in [1.165, 1.54) is 19.3 Å². The van der Waals surface area contributed by atoms with E-state index >= 15 is 0 Å². The molecule has 3 aromatic rings. The highest BCUT2D eigenvalue weighted by Gasteiger charge is 2.25. The summed E-state index contributed by atoms with van der Waals surface area (Å²) in [6, 6.07) is 7.28. The van der Waals surface area contributed by atoms with Crippen molar-refractivity contribution < 1.29 is 4.42 Å². The topological polar surface area (TPSA) is 79.2 Å². The average molecular weight is 391 g/mol. The molecule has 0 unspecified atom stereocenters. The van der Waals surface area contributed by atoms with Crippen molar-refractivity contribution in [3.8, 4) is 0 Å². The van der Waals surface area contributed by atoms with Crippen molar-refractivity contribution in [3.05, 3.63) is 73.8 Å². The lowest BCUT2D eigenvalue weighted by atomic mass is 9.88. The minimum absolute atomic E-state index is 0.00247. The molecule has 6 nitrogen and oxygen atoms in total. The van der Waals surface area contributed by atoms with Gasteiger partial charge in [0.1, 0.15) is 11.4 Å². The van der Waals surface area contributed by atoms with E-state index in [4.69, 9.17) is 9.40 Å². The third kappa shape index (κ3) is 3.53. The van der Waals surface area contributed by atoms with E-state index in [2.05, 4.69) is 9.88 Å². The van der Waals surface area contributed by atoms with E-state index in [-0.39, 0.29) is 11.0 Å². The Morgan fingerprint density at radius 1 is 1.14 bits per heavy atom. The summed E-state index contributed by atoms with van der Waals surface area (Å²) in [4.78, 5) is 35.5. The lowest BCUT2D eigenvalue weighted by molar-refractivity contribution is 0.238. The van der Waals surface area contributed by atoms with Gasteiger partial charge in [0.2, 0.25) is 0 Å². The number of rotatable bonds is 3. The van der Waals surface area contributed by atoms with Crippen LogP contribution < -0.4 is 11.0 Å². The lowest BCUT2D eigenvalue weighted by Crippen LogP contribution is -2.37. The number of fused-ring (bicyclic) bond motifs is 2. The number of aromatic amines is 1. The molecule has 3 heterocycles. The number of aromatic nitrogens is 2. The zero-order chi connectivity index (χ0) is 19.8. The first kappa shape index (κ1) is 18.3. The van der Waals surface area contributed by atoms with Crippen LogP contribution in [0.25, 0.3) is 11.0 Å². The number of nitrogens with zero attached hydrogens (tertiary/aromatic N) is 2. The number of para-hydroxylation sites is 1. The fourth-order valence-electron chi connectivity index (χ4n) is 4.67. The zero-order valence-corrected chi connectivity index (χ0v) is 16.4. The predicted molar refractivity (Wildman–Crippen MR) is 111 cm³/mol. The number of nitrogens with one attached hydrogen (secondary N) is 1. The Morgan fingerprint density at radius 2 is 1.97 bits per heavy atom. The Bertz CT molecular complexity index is 1160. The van der Waals surface area contributed by atoms with Crippen LogP contribution in [0.5, 0.6) is 0 Å². The molecule has 5 rings (SSSR count). The minimum atomic E-state index is -0.0224. The SMILES string of the molecule is O=c1[nH]c(C2CCCCC2)nc2c1CN(Cc1coc3ccccc3c1=O)CC2. The van der Waals surface area contributed by atoms with Gasteiger partial charge in [-0.15, -0.1) is 0 Å². The average Bonchev–Trinajstić information content (AvgIpc) is 2.77. The summed E-state index contributed by atoms with van der Waals surface area (Å²) in [5, 5.41) is 0.596. The molecule has 0 spiro atoms. The lowest BCUT2D eigenvalue weighted by Gasteiger charge is -2.28. The zero-order valence-electron chi connectivity index (χ0n) is 16.4. The predicted octanol–water partition coefficient (Wildman–Crippen LogP) is 3.48. The van der Waals surface area contributed by atoms with Gasteiger partial charge in [0.05, 0.1) is 22.9 Å². The maximum absolute atomic E-state index is 12.8. The van der Waals surface area contributed by atoms with Gasteiger partial charge in [0.25, 0.3) is 5.56 Å². The molecule has 2 aliphatic rings. The summed E-state index contributed by atoms with van der Waals surface area (Å²) in [6.07, 6.45) is 8.23. The van der Waals surface area contributed by atoms with Gasteiger partial charge in [-0.3, -0.25) is 14.5 Å². The van der Waals surface area contributed by atoms with Gasteiger partial charge in [0, 0.05) is 37.5 Å². The second kappa shape index (κ2) is 7.59. The van der Waals surface area contributed by atoms with Crippen molar-refractivity contribution >= 4 is 11.0 Å². The van der Waals surface area contributed by atoms with E-state index in [0.29, 0.717) is 35.5 Å². The van der Waals surface area contributed by atoms with E-state index in [1.807, 2.05) is 12.1 Å². The second-order valence-corrected chi connectivity index (χ2v) is 8.26. The number of hydrogen-bond donors (Lipinski definition) is 1. The molecule has 2 aromatic heterocycles. The van der Waals surface area contributed by atoms with Gasteiger partial charge < -0.3 is 9.40 Å². The smallest absolute Gasteiger partial charge is 0.255 e. The first-order valence-electron chi connectivity index (χ1n) is 10.5. The molecule has 1 N–H and O–H groups in total. The molecule has 0 radical (unpaired) electrons. The molecule has 0 amide bonds. The van der Waals surface area contributed by atoms with E-state index in [1.54, 1.807) is 18.4 Å². The van der Waals surface area contributed by atoms with Crippen molar-refractivity contribution in [2.75, 3.05) is 6.54 Å². The molecule has 1 saturated carbocycles. The highest BCUT2D eigenvalue weighted by Crippen LogP contribution is 2.30. The molecular weight excluding hydrogens is 366 g/mol. The highest BCUT2D eigenvalue weighted by molar-refractivity contribution is 5.76. The van der Waals surface area contributed by atoms with Gasteiger partial charge in [0.15, 0.2) is 5.43 Å². The molecule has 1 fully saturated rings. The normalized spacial score (nSPS) is 18.1. The van der Waals surface area contributed by atoms with E-state index < -0.39 is 0 Å². The fourth-order valence-corrected chi connectivity index (χ4v) is 4.67. The minimum Gasteiger partial charge on any atom is -0.464 e. The van der Waals surface area contributed by atoms with E-state index in [0.717, 1.165) is 42.9 Å². The Balaban J connectivity index is 1.38. The van der Waals surface area contributed by atoms with Crippen LogP contribution in [0.4, 0.5) is 0 Å². The van der Waals surface area contributed by atoms with Crippen molar-refractivity contribution in [1.82, 2.24) is 14.9 Å². The van der Waals surface area contributed by atoms with Crippen molar-refractivity contribution in [2.45, 2.75) is 57.5 Å². The Morgan fingerprint density at radius 3 is 2.83 bits per heavy atom. The summed E-state index contributed by atoms with van der Waals surface area (Å²) in [6.45, 7) is 1.76. The molecule has 1 aromatic carbocycles. The monoisotopic (exact) mass is 391 g/mol. The number of hydrogen-bond acceptors (Lipinski definition) is 5. The first-order chi connectivity index (χ1) is 14.2. The van der Waals surface area contributed by atoms with Crippen molar-refractivity contribution in [3.63, 3.8) is 0 Å². The van der Waals surface area contributed by atoms with Crippen LogP contribution >= 0.6 is 0 Å². The summed E-state index contributed by atoms with van der Waals surface area (Å²) < 4.78 is 5.63. The fraction of sp³-hybridized carbons (Fsp3) is 0.435. The van der Waals surface area contributed by atoms with Crippen LogP contribution in [0, 0.1) is 0 Å². The van der Waals surface area contributed by atoms with Gasteiger partial charge in [-0.05, 0) is 25.0 Å². The molecular formula is C23H25N3O3. The Kier molecular flexibility index (Phi) is 4.79. The van der Waals surface area contributed by atoms with Crippen LogP contribution in [0.2, 0.25) is 0 Å². The molecule has 1 aliphatic carbocycles. The van der Waals surface area contributed by atoms with Gasteiger partial charge in [-0.2, -0.15) is 0 Å². The first-order valence-corrected chi connectivity index (χ1v) is 10.5. The van der Waals surface area contributed by atoms with Crippen LogP contribution in [0.3, 0.4) is 0 Å². The van der Waals surface area contributed by atoms with Crippen LogP contribution in [-0.2, 0) is 19.5 Å². The van der Waals surface area contributed by atoms with Crippen LogP contribution in [-0.4, -0.2) is 21.4 Å². The quantitative estimate of drug-likeness (QED) is 0.739. The maximum Gasteiger partial charge on any atom is 0.255 e. The summed E-state index contributed by atoms with van der Waals surface area (Å²) in [5.74, 6) is 1.26. The standard InChI is InChI=1S/C23H25N3O3/c27-21-16(14-29-20-9-5-4-8-17(20)21)12-26-11-10-19-18(13-26)23(28)25-22(24-19)15-6-2-1-3-7-15/h4-5,8-9,14-15H,1-3,6-7,10-13H2,(H,24,25,28). The maximum atomic E-state index is 12.8. The summed E-state index contributed by atoms with van der Waals surface area (Å²) in [7, 11) is 0. The molecule has 0 saturated heterocycles. The molecule has 0 atom stereocenters.